The Balaban J connectivity index is 1.81. The van der Waals surface area contributed by atoms with E-state index in [9.17, 15) is 9.59 Å². The minimum atomic E-state index is -0.201. The third-order valence-electron chi connectivity index (χ3n) is 2.84. The Morgan fingerprint density at radius 3 is 2.64 bits per heavy atom. The van der Waals surface area contributed by atoms with Gasteiger partial charge in [0.25, 0.3) is 0 Å². The summed E-state index contributed by atoms with van der Waals surface area (Å²) < 4.78 is 1.36. The maximum Gasteiger partial charge on any atom is 0.242 e. The normalized spacial score (nSPS) is 10.3. The second-order valence-corrected chi connectivity index (χ2v) is 5.04. The average Bonchev–Trinajstić information content (AvgIpc) is 2.93. The molecule has 116 valence electrons. The van der Waals surface area contributed by atoms with Crippen LogP contribution in [0.5, 0.6) is 0 Å². The molecule has 2 amide bonds. The molecule has 2 rings (SSSR count). The van der Waals surface area contributed by atoms with Gasteiger partial charge in [0.15, 0.2) is 5.82 Å². The van der Waals surface area contributed by atoms with Crippen LogP contribution in [0.2, 0.25) is 5.02 Å². The van der Waals surface area contributed by atoms with Gasteiger partial charge in [-0.15, -0.1) is 5.10 Å². The summed E-state index contributed by atoms with van der Waals surface area (Å²) in [6.07, 6.45) is 1.86. The lowest BCUT2D eigenvalue weighted by Crippen LogP contribution is -2.27. The Morgan fingerprint density at radius 1 is 1.23 bits per heavy atom. The summed E-state index contributed by atoms with van der Waals surface area (Å²) in [6.45, 7) is 2.18. The maximum absolute atomic E-state index is 11.8. The van der Waals surface area contributed by atoms with Gasteiger partial charge in [-0.2, -0.15) is 0 Å². The van der Waals surface area contributed by atoms with Gasteiger partial charge in [-0.1, -0.05) is 35.9 Å². The fraction of sp³-hybridized carbons (Fsp3) is 0.286. The molecule has 8 heteroatoms. The van der Waals surface area contributed by atoms with E-state index in [4.69, 9.17) is 11.6 Å². The van der Waals surface area contributed by atoms with Gasteiger partial charge >= 0.3 is 0 Å². The number of nitrogens with zero attached hydrogens (tertiary/aromatic N) is 3. The van der Waals surface area contributed by atoms with Crippen molar-refractivity contribution in [3.05, 3.63) is 41.0 Å². The van der Waals surface area contributed by atoms with Gasteiger partial charge in [0.2, 0.25) is 11.8 Å². The summed E-state index contributed by atoms with van der Waals surface area (Å²) >= 11 is 5.79. The third kappa shape index (κ3) is 4.85. The molecule has 0 fully saturated rings. The molecule has 7 nitrogen and oxygen atoms in total. The number of carbonyl (C=O) groups excluding carboxylic acids is 2. The summed E-state index contributed by atoms with van der Waals surface area (Å²) in [5, 5.41) is 13.5. The molecule has 0 radical (unpaired) electrons. The molecule has 2 aromatic rings. The van der Waals surface area contributed by atoms with Gasteiger partial charge in [0, 0.05) is 18.0 Å². The van der Waals surface area contributed by atoms with Crippen molar-refractivity contribution in [1.29, 1.82) is 0 Å². The molecule has 0 aliphatic carbocycles. The number of carbonyl (C=O) groups is 2. The fourth-order valence-electron chi connectivity index (χ4n) is 1.67. The number of benzene rings is 1. The zero-order chi connectivity index (χ0) is 15.9. The second-order valence-electron chi connectivity index (χ2n) is 4.61. The summed E-state index contributed by atoms with van der Waals surface area (Å²) in [4.78, 5) is 23.0. The quantitative estimate of drug-likeness (QED) is 0.845. The highest BCUT2D eigenvalue weighted by molar-refractivity contribution is 6.30. The zero-order valence-corrected chi connectivity index (χ0v) is 12.8. The van der Waals surface area contributed by atoms with Gasteiger partial charge in [0.05, 0.1) is 6.20 Å². The molecule has 0 atom stereocenters. The first-order chi connectivity index (χ1) is 10.6. The second kappa shape index (κ2) is 7.56. The molecule has 0 aliphatic rings. The first-order valence-electron chi connectivity index (χ1n) is 6.78. The molecule has 1 aromatic heterocycles. The van der Waals surface area contributed by atoms with Crippen LogP contribution in [0.25, 0.3) is 0 Å². The predicted molar refractivity (Wildman–Crippen MR) is 82.2 cm³/mol. The Labute approximate surface area is 132 Å². The van der Waals surface area contributed by atoms with E-state index < -0.39 is 0 Å². The number of amides is 2. The van der Waals surface area contributed by atoms with Gasteiger partial charge in [-0.25, -0.2) is 4.68 Å². The van der Waals surface area contributed by atoms with Crippen LogP contribution in [0.3, 0.4) is 0 Å². The number of hydrogen-bond acceptors (Lipinski definition) is 4. The van der Waals surface area contributed by atoms with Crippen LogP contribution in [0, 0.1) is 0 Å². The van der Waals surface area contributed by atoms with Crippen LogP contribution in [-0.2, 0) is 22.7 Å². The smallest absolute Gasteiger partial charge is 0.242 e. The van der Waals surface area contributed by atoms with Gasteiger partial charge in [0.1, 0.15) is 6.54 Å². The molecule has 0 aliphatic heterocycles. The maximum atomic E-state index is 11.8. The van der Waals surface area contributed by atoms with Crippen molar-refractivity contribution in [3.8, 4) is 0 Å². The lowest BCUT2D eigenvalue weighted by atomic mass is 10.2. The van der Waals surface area contributed by atoms with Gasteiger partial charge in [-0.05, 0) is 17.7 Å². The largest absolute Gasteiger partial charge is 0.350 e. The van der Waals surface area contributed by atoms with Crippen LogP contribution in [-0.4, -0.2) is 26.8 Å². The van der Waals surface area contributed by atoms with Crippen molar-refractivity contribution >= 4 is 29.2 Å². The van der Waals surface area contributed by atoms with Crippen molar-refractivity contribution in [2.24, 2.45) is 0 Å². The molecular formula is C14H16ClN5O2. The van der Waals surface area contributed by atoms with Crippen LogP contribution in [0.15, 0.2) is 30.5 Å². The van der Waals surface area contributed by atoms with Gasteiger partial charge < -0.3 is 10.6 Å². The molecule has 0 bridgehead atoms. The predicted octanol–water partition coefficient (Wildman–Crippen LogP) is 1.60. The van der Waals surface area contributed by atoms with E-state index in [1.165, 1.54) is 10.9 Å². The first-order valence-corrected chi connectivity index (χ1v) is 7.15. The minimum Gasteiger partial charge on any atom is -0.350 e. The van der Waals surface area contributed by atoms with Crippen LogP contribution in [0.4, 0.5) is 5.82 Å². The molecule has 2 N–H and O–H groups in total. The summed E-state index contributed by atoms with van der Waals surface area (Å²) in [5.74, 6) is -0.0233. The highest BCUT2D eigenvalue weighted by Gasteiger charge is 2.07. The number of rotatable bonds is 6. The molecule has 0 unspecified atom stereocenters. The topological polar surface area (TPSA) is 88.9 Å². The number of anilines is 1. The van der Waals surface area contributed by atoms with Crippen LogP contribution >= 0.6 is 11.6 Å². The lowest BCUT2D eigenvalue weighted by molar-refractivity contribution is -0.122. The number of hydrogen-bond donors (Lipinski definition) is 2. The summed E-state index contributed by atoms with van der Waals surface area (Å²) in [5.41, 5.74) is 0.951. The minimum absolute atomic E-state index is 0.0303. The molecular weight excluding hydrogens is 306 g/mol. The Hall–Kier alpha value is -2.41. The number of nitrogens with one attached hydrogen (secondary N) is 2. The Bertz CT molecular complexity index is 654. The Morgan fingerprint density at radius 2 is 1.95 bits per heavy atom. The van der Waals surface area contributed by atoms with E-state index in [0.29, 0.717) is 23.8 Å². The highest BCUT2D eigenvalue weighted by Crippen LogP contribution is 2.09. The van der Waals surface area contributed by atoms with Crippen molar-refractivity contribution in [1.82, 2.24) is 20.3 Å². The van der Waals surface area contributed by atoms with Crippen molar-refractivity contribution in [3.63, 3.8) is 0 Å². The van der Waals surface area contributed by atoms with Crippen LogP contribution < -0.4 is 10.6 Å². The SMILES string of the molecule is CCC(=O)Nc1cn(CC(=O)NCc2ccc(Cl)cc2)nn1. The summed E-state index contributed by atoms with van der Waals surface area (Å²) in [6, 6.07) is 7.22. The molecule has 0 spiro atoms. The number of halogens is 1. The van der Waals surface area contributed by atoms with E-state index in [2.05, 4.69) is 20.9 Å². The van der Waals surface area contributed by atoms with Crippen molar-refractivity contribution in [2.45, 2.75) is 26.4 Å². The van der Waals surface area contributed by atoms with E-state index in [1.807, 2.05) is 12.1 Å². The van der Waals surface area contributed by atoms with E-state index in [-0.39, 0.29) is 18.4 Å². The first kappa shape index (κ1) is 16.0. The number of aromatic nitrogens is 3. The Kier molecular flexibility index (Phi) is 5.48. The highest BCUT2D eigenvalue weighted by atomic mass is 35.5. The lowest BCUT2D eigenvalue weighted by Gasteiger charge is -2.05. The molecule has 1 aromatic carbocycles. The average molecular weight is 322 g/mol. The molecule has 1 heterocycles. The van der Waals surface area contributed by atoms with Crippen molar-refractivity contribution in [2.75, 3.05) is 5.32 Å². The van der Waals surface area contributed by atoms with Gasteiger partial charge in [-0.3, -0.25) is 9.59 Å². The molecule has 22 heavy (non-hydrogen) atoms. The third-order valence-corrected chi connectivity index (χ3v) is 3.09. The van der Waals surface area contributed by atoms with E-state index in [0.717, 1.165) is 5.56 Å². The molecule has 0 saturated carbocycles. The molecule has 0 saturated heterocycles. The van der Waals surface area contributed by atoms with E-state index >= 15 is 0 Å². The van der Waals surface area contributed by atoms with E-state index in [1.54, 1.807) is 19.1 Å². The summed E-state index contributed by atoms with van der Waals surface area (Å²) in [7, 11) is 0. The van der Waals surface area contributed by atoms with Crippen LogP contribution in [0.1, 0.15) is 18.9 Å². The fourth-order valence-corrected chi connectivity index (χ4v) is 1.80. The zero-order valence-electron chi connectivity index (χ0n) is 12.0. The van der Waals surface area contributed by atoms with Crippen molar-refractivity contribution < 1.29 is 9.59 Å². The monoisotopic (exact) mass is 321 g/mol. The standard InChI is InChI=1S/C14H16ClN5O2/c1-2-13(21)17-12-8-20(19-18-12)9-14(22)16-7-10-3-5-11(15)6-4-10/h3-6,8H,2,7,9H2,1H3,(H,16,22)(H,17,21).